The summed E-state index contributed by atoms with van der Waals surface area (Å²) in [6.07, 6.45) is 5.00. The first-order valence-corrected chi connectivity index (χ1v) is 6.19. The lowest BCUT2D eigenvalue weighted by Gasteiger charge is -2.17. The third-order valence-electron chi connectivity index (χ3n) is 3.26. The van der Waals surface area contributed by atoms with Gasteiger partial charge in [0.2, 0.25) is 5.91 Å². The summed E-state index contributed by atoms with van der Waals surface area (Å²) in [5, 5.41) is 6.33. The lowest BCUT2D eigenvalue weighted by atomic mass is 9.88. The van der Waals surface area contributed by atoms with Crippen molar-refractivity contribution in [2.75, 3.05) is 19.6 Å². The van der Waals surface area contributed by atoms with Crippen LogP contribution in [0.3, 0.4) is 0 Å². The minimum absolute atomic E-state index is 0.0876. The highest BCUT2D eigenvalue weighted by molar-refractivity contribution is 5.72. The van der Waals surface area contributed by atoms with E-state index in [-0.39, 0.29) is 5.91 Å². The molecule has 1 rings (SSSR count). The topological polar surface area (TPSA) is 41.1 Å². The van der Waals surface area contributed by atoms with Crippen molar-refractivity contribution in [1.82, 2.24) is 10.6 Å². The Hall–Kier alpha value is -0.570. The van der Waals surface area contributed by atoms with Crippen molar-refractivity contribution in [3.05, 3.63) is 0 Å². The number of carbonyl (C=O) groups is 1. The minimum Gasteiger partial charge on any atom is -0.356 e. The summed E-state index contributed by atoms with van der Waals surface area (Å²) in [6.45, 7) is 7.04. The molecule has 1 fully saturated rings. The van der Waals surface area contributed by atoms with Crippen LogP contribution in [-0.4, -0.2) is 25.5 Å². The van der Waals surface area contributed by atoms with Crippen molar-refractivity contribution in [3.8, 4) is 0 Å². The van der Waals surface area contributed by atoms with E-state index >= 15 is 0 Å². The van der Waals surface area contributed by atoms with Gasteiger partial charge < -0.3 is 10.6 Å². The largest absolute Gasteiger partial charge is 0.356 e. The molecule has 0 radical (unpaired) electrons. The molecule has 3 nitrogen and oxygen atoms in total. The van der Waals surface area contributed by atoms with Crippen molar-refractivity contribution < 1.29 is 4.79 Å². The zero-order valence-corrected chi connectivity index (χ0v) is 10.0. The molecule has 3 heteroatoms. The van der Waals surface area contributed by atoms with E-state index in [1.807, 2.05) is 0 Å². The van der Waals surface area contributed by atoms with Crippen LogP contribution in [0.4, 0.5) is 0 Å². The standard InChI is InChI=1S/C12H24N2O/c1-3-5-11-8-13-9-12(11)6-4-7-14-10(2)15/h11-13H,3-9H2,1-2H3,(H,14,15). The maximum Gasteiger partial charge on any atom is 0.216 e. The number of amides is 1. The van der Waals surface area contributed by atoms with Crippen molar-refractivity contribution in [2.45, 2.75) is 39.5 Å². The van der Waals surface area contributed by atoms with Gasteiger partial charge >= 0.3 is 0 Å². The second-order valence-electron chi connectivity index (χ2n) is 4.59. The first-order chi connectivity index (χ1) is 7.24. The van der Waals surface area contributed by atoms with Gasteiger partial charge in [0.15, 0.2) is 0 Å². The Morgan fingerprint density at radius 2 is 2.00 bits per heavy atom. The molecule has 2 atom stereocenters. The second kappa shape index (κ2) is 6.83. The summed E-state index contributed by atoms with van der Waals surface area (Å²) in [7, 11) is 0. The maximum absolute atomic E-state index is 10.7. The number of nitrogens with one attached hydrogen (secondary N) is 2. The van der Waals surface area contributed by atoms with Crippen molar-refractivity contribution >= 4 is 5.91 Å². The molecular formula is C12H24N2O. The van der Waals surface area contributed by atoms with E-state index in [0.29, 0.717) is 0 Å². The molecule has 1 heterocycles. The average Bonchev–Trinajstić information content (AvgIpc) is 2.61. The molecule has 0 aliphatic carbocycles. The Labute approximate surface area is 93.0 Å². The molecule has 0 aromatic rings. The van der Waals surface area contributed by atoms with Crippen molar-refractivity contribution in [3.63, 3.8) is 0 Å². The predicted molar refractivity (Wildman–Crippen MR) is 62.7 cm³/mol. The summed E-state index contributed by atoms with van der Waals surface area (Å²) in [6, 6.07) is 0. The zero-order chi connectivity index (χ0) is 11.1. The highest BCUT2D eigenvalue weighted by Crippen LogP contribution is 2.25. The van der Waals surface area contributed by atoms with E-state index in [0.717, 1.165) is 24.8 Å². The van der Waals surface area contributed by atoms with E-state index in [2.05, 4.69) is 17.6 Å². The third-order valence-corrected chi connectivity index (χ3v) is 3.26. The number of rotatable bonds is 6. The van der Waals surface area contributed by atoms with E-state index in [9.17, 15) is 4.79 Å². The molecule has 0 bridgehead atoms. The van der Waals surface area contributed by atoms with Crippen LogP contribution < -0.4 is 10.6 Å². The maximum atomic E-state index is 10.7. The molecule has 2 unspecified atom stereocenters. The molecule has 1 aliphatic rings. The zero-order valence-electron chi connectivity index (χ0n) is 10.0. The smallest absolute Gasteiger partial charge is 0.216 e. The molecule has 88 valence electrons. The molecule has 1 aliphatic heterocycles. The Bertz CT molecular complexity index is 194. The Kier molecular flexibility index (Phi) is 5.69. The van der Waals surface area contributed by atoms with Crippen molar-refractivity contribution in [1.29, 1.82) is 0 Å². The quantitative estimate of drug-likeness (QED) is 0.656. The van der Waals surface area contributed by atoms with E-state index in [4.69, 9.17) is 0 Å². The van der Waals surface area contributed by atoms with Gasteiger partial charge in [-0.3, -0.25) is 4.79 Å². The highest BCUT2D eigenvalue weighted by Gasteiger charge is 2.25. The number of hydrogen-bond donors (Lipinski definition) is 2. The Morgan fingerprint density at radius 3 is 2.60 bits per heavy atom. The molecule has 0 aromatic carbocycles. The van der Waals surface area contributed by atoms with Gasteiger partial charge in [0, 0.05) is 13.5 Å². The first-order valence-electron chi connectivity index (χ1n) is 6.19. The van der Waals surface area contributed by atoms with E-state index < -0.39 is 0 Å². The van der Waals surface area contributed by atoms with Crippen LogP contribution in [0.15, 0.2) is 0 Å². The molecule has 1 saturated heterocycles. The van der Waals surface area contributed by atoms with Gasteiger partial charge in [-0.25, -0.2) is 0 Å². The van der Waals surface area contributed by atoms with E-state index in [1.165, 1.54) is 32.4 Å². The molecule has 0 spiro atoms. The van der Waals surface area contributed by atoms with Gasteiger partial charge in [-0.15, -0.1) is 0 Å². The van der Waals surface area contributed by atoms with Crippen LogP contribution >= 0.6 is 0 Å². The fourth-order valence-electron chi connectivity index (χ4n) is 2.46. The third kappa shape index (κ3) is 4.65. The van der Waals surface area contributed by atoms with Crippen LogP contribution in [0.25, 0.3) is 0 Å². The van der Waals surface area contributed by atoms with Gasteiger partial charge in [0.25, 0.3) is 0 Å². The van der Waals surface area contributed by atoms with Crippen molar-refractivity contribution in [2.24, 2.45) is 11.8 Å². The van der Waals surface area contributed by atoms with Gasteiger partial charge in [-0.2, -0.15) is 0 Å². The Balaban J connectivity index is 2.11. The van der Waals surface area contributed by atoms with Gasteiger partial charge in [-0.05, 0) is 44.2 Å². The lowest BCUT2D eigenvalue weighted by Crippen LogP contribution is -2.22. The summed E-state index contributed by atoms with van der Waals surface area (Å²) < 4.78 is 0. The van der Waals surface area contributed by atoms with Crippen LogP contribution in [0.1, 0.15) is 39.5 Å². The van der Waals surface area contributed by atoms with Crippen LogP contribution in [0.2, 0.25) is 0 Å². The van der Waals surface area contributed by atoms with E-state index in [1.54, 1.807) is 6.92 Å². The fourth-order valence-corrected chi connectivity index (χ4v) is 2.46. The van der Waals surface area contributed by atoms with Gasteiger partial charge in [-0.1, -0.05) is 13.3 Å². The number of carbonyl (C=O) groups excluding carboxylic acids is 1. The molecule has 2 N–H and O–H groups in total. The summed E-state index contributed by atoms with van der Waals surface area (Å²) in [4.78, 5) is 10.7. The predicted octanol–water partition coefficient (Wildman–Crippen LogP) is 1.54. The summed E-state index contributed by atoms with van der Waals surface area (Å²) >= 11 is 0. The summed E-state index contributed by atoms with van der Waals surface area (Å²) in [5.41, 5.74) is 0. The number of hydrogen-bond acceptors (Lipinski definition) is 2. The molecule has 15 heavy (non-hydrogen) atoms. The lowest BCUT2D eigenvalue weighted by molar-refractivity contribution is -0.118. The van der Waals surface area contributed by atoms with Gasteiger partial charge in [0.05, 0.1) is 0 Å². The Morgan fingerprint density at radius 1 is 1.33 bits per heavy atom. The molecule has 0 aromatic heterocycles. The molecular weight excluding hydrogens is 188 g/mol. The molecule has 0 saturated carbocycles. The van der Waals surface area contributed by atoms with Crippen LogP contribution in [-0.2, 0) is 4.79 Å². The summed E-state index contributed by atoms with van der Waals surface area (Å²) in [5.74, 6) is 1.79. The second-order valence-corrected chi connectivity index (χ2v) is 4.59. The van der Waals surface area contributed by atoms with Crippen LogP contribution in [0.5, 0.6) is 0 Å². The minimum atomic E-state index is 0.0876. The monoisotopic (exact) mass is 212 g/mol. The normalized spacial score (nSPS) is 25.5. The fraction of sp³-hybridized carbons (Fsp3) is 0.917. The first kappa shape index (κ1) is 12.5. The SMILES string of the molecule is CCCC1CNCC1CCCNC(C)=O. The molecule has 1 amide bonds. The highest BCUT2D eigenvalue weighted by atomic mass is 16.1. The average molecular weight is 212 g/mol. The van der Waals surface area contributed by atoms with Crippen LogP contribution in [0, 0.1) is 11.8 Å². The van der Waals surface area contributed by atoms with Gasteiger partial charge in [0.1, 0.15) is 0 Å².